The summed E-state index contributed by atoms with van der Waals surface area (Å²) < 4.78 is 0. The number of nitrogens with zero attached hydrogens (tertiary/aromatic N) is 2. The number of hydrogen-bond donors (Lipinski definition) is 2. The van der Waals surface area contributed by atoms with Crippen LogP contribution in [0.1, 0.15) is 37.7 Å². The number of aliphatic imine (C=N–C) groups is 1. The average molecular weight is 444 g/mol. The van der Waals surface area contributed by atoms with E-state index in [1.807, 2.05) is 7.05 Å². The van der Waals surface area contributed by atoms with Crippen LogP contribution in [0.5, 0.6) is 0 Å². The highest BCUT2D eigenvalue weighted by molar-refractivity contribution is 14.0. The average Bonchev–Trinajstić information content (AvgIpc) is 3.05. The van der Waals surface area contributed by atoms with Crippen LogP contribution in [0.3, 0.4) is 0 Å². The number of rotatable bonds is 7. The maximum absolute atomic E-state index is 4.37. The monoisotopic (exact) mass is 444 g/mol. The summed E-state index contributed by atoms with van der Waals surface area (Å²) in [4.78, 5) is 6.58. The zero-order valence-electron chi connectivity index (χ0n) is 15.3. The van der Waals surface area contributed by atoms with Gasteiger partial charge < -0.3 is 15.5 Å². The molecule has 1 aromatic carbocycles. The SMILES string of the molecule is CN=C(NCCCN(C)C)NCC1(c2ccccc2)CCCC1.I. The maximum atomic E-state index is 4.37. The minimum Gasteiger partial charge on any atom is -0.356 e. The summed E-state index contributed by atoms with van der Waals surface area (Å²) in [7, 11) is 6.07. The molecular formula is C19H33IN4. The van der Waals surface area contributed by atoms with Gasteiger partial charge in [0.1, 0.15) is 0 Å². The van der Waals surface area contributed by atoms with Gasteiger partial charge in [-0.25, -0.2) is 0 Å². The number of hydrogen-bond acceptors (Lipinski definition) is 2. The lowest BCUT2D eigenvalue weighted by Gasteiger charge is -2.30. The summed E-state index contributed by atoms with van der Waals surface area (Å²) in [5.74, 6) is 0.922. The fourth-order valence-electron chi connectivity index (χ4n) is 3.49. The second-order valence-corrected chi connectivity index (χ2v) is 6.86. The Kier molecular flexibility index (Phi) is 9.66. The third-order valence-corrected chi connectivity index (χ3v) is 4.84. The fraction of sp³-hybridized carbons (Fsp3) is 0.632. The molecule has 0 aromatic heterocycles. The first-order chi connectivity index (χ1) is 11.2. The van der Waals surface area contributed by atoms with E-state index in [0.29, 0.717) is 0 Å². The van der Waals surface area contributed by atoms with E-state index in [1.54, 1.807) is 0 Å². The van der Waals surface area contributed by atoms with Gasteiger partial charge in [0.15, 0.2) is 5.96 Å². The Hall–Kier alpha value is -0.820. The van der Waals surface area contributed by atoms with Crippen LogP contribution in [0.4, 0.5) is 0 Å². The van der Waals surface area contributed by atoms with Gasteiger partial charge in [0.2, 0.25) is 0 Å². The van der Waals surface area contributed by atoms with Crippen molar-refractivity contribution in [2.45, 2.75) is 37.5 Å². The first-order valence-corrected chi connectivity index (χ1v) is 8.81. The molecule has 0 heterocycles. The number of guanidine groups is 1. The summed E-state index contributed by atoms with van der Waals surface area (Å²) >= 11 is 0. The molecule has 0 spiro atoms. The second-order valence-electron chi connectivity index (χ2n) is 6.86. The summed E-state index contributed by atoms with van der Waals surface area (Å²) in [6, 6.07) is 11.0. The Morgan fingerprint density at radius 1 is 1.12 bits per heavy atom. The summed E-state index contributed by atoms with van der Waals surface area (Å²) in [5.41, 5.74) is 1.73. The highest BCUT2D eigenvalue weighted by atomic mass is 127. The molecule has 136 valence electrons. The molecule has 5 heteroatoms. The van der Waals surface area contributed by atoms with Crippen molar-refractivity contribution in [3.8, 4) is 0 Å². The molecule has 1 aromatic rings. The van der Waals surface area contributed by atoms with E-state index in [9.17, 15) is 0 Å². The quantitative estimate of drug-likeness (QED) is 0.294. The van der Waals surface area contributed by atoms with E-state index in [4.69, 9.17) is 0 Å². The van der Waals surface area contributed by atoms with Crippen molar-refractivity contribution in [3.05, 3.63) is 35.9 Å². The van der Waals surface area contributed by atoms with Gasteiger partial charge in [0, 0.05) is 25.6 Å². The van der Waals surface area contributed by atoms with Crippen molar-refractivity contribution in [2.24, 2.45) is 4.99 Å². The van der Waals surface area contributed by atoms with Crippen LogP contribution in [-0.4, -0.2) is 51.6 Å². The van der Waals surface area contributed by atoms with Crippen LogP contribution >= 0.6 is 24.0 Å². The molecule has 4 nitrogen and oxygen atoms in total. The second kappa shape index (κ2) is 10.9. The van der Waals surface area contributed by atoms with Crippen LogP contribution in [0.25, 0.3) is 0 Å². The molecule has 24 heavy (non-hydrogen) atoms. The molecule has 0 amide bonds. The van der Waals surface area contributed by atoms with Gasteiger partial charge in [-0.2, -0.15) is 0 Å². The third-order valence-electron chi connectivity index (χ3n) is 4.84. The summed E-state index contributed by atoms with van der Waals surface area (Å²) in [6.45, 7) is 3.01. The smallest absolute Gasteiger partial charge is 0.191 e. The van der Waals surface area contributed by atoms with E-state index >= 15 is 0 Å². The van der Waals surface area contributed by atoms with Gasteiger partial charge >= 0.3 is 0 Å². The van der Waals surface area contributed by atoms with Crippen LogP contribution in [0, 0.1) is 0 Å². The van der Waals surface area contributed by atoms with Crippen LogP contribution in [-0.2, 0) is 5.41 Å². The molecule has 0 unspecified atom stereocenters. The van der Waals surface area contributed by atoms with Crippen molar-refractivity contribution in [1.29, 1.82) is 0 Å². The Bertz CT molecular complexity index is 481. The van der Waals surface area contributed by atoms with Gasteiger partial charge in [-0.15, -0.1) is 24.0 Å². The number of nitrogens with one attached hydrogen (secondary N) is 2. The van der Waals surface area contributed by atoms with Gasteiger partial charge in [0.25, 0.3) is 0 Å². The predicted molar refractivity (Wildman–Crippen MR) is 115 cm³/mol. The standard InChI is InChI=1S/C19H32N4.HI/c1-20-18(21-14-9-15-23(2)3)22-16-19(12-7-8-13-19)17-10-5-4-6-11-17;/h4-6,10-11H,7-9,12-16H2,1-3H3,(H2,20,21,22);1H. The number of halogens is 1. The largest absolute Gasteiger partial charge is 0.356 e. The van der Waals surface area contributed by atoms with Crippen molar-refractivity contribution < 1.29 is 0 Å². The van der Waals surface area contributed by atoms with Gasteiger partial charge in [-0.3, -0.25) is 4.99 Å². The molecule has 2 rings (SSSR count). The predicted octanol–water partition coefficient (Wildman–Crippen LogP) is 3.23. The van der Waals surface area contributed by atoms with E-state index in [2.05, 4.69) is 65.0 Å². The lowest BCUT2D eigenvalue weighted by atomic mass is 9.79. The maximum Gasteiger partial charge on any atom is 0.191 e. The molecule has 1 aliphatic rings. The Balaban J connectivity index is 0.00000288. The molecule has 1 fully saturated rings. The molecule has 2 N–H and O–H groups in total. The molecule has 0 saturated heterocycles. The van der Waals surface area contributed by atoms with E-state index < -0.39 is 0 Å². The van der Waals surface area contributed by atoms with Crippen LogP contribution in [0.2, 0.25) is 0 Å². The molecule has 0 atom stereocenters. The van der Waals surface area contributed by atoms with Crippen molar-refractivity contribution in [3.63, 3.8) is 0 Å². The van der Waals surface area contributed by atoms with Crippen LogP contribution in [0.15, 0.2) is 35.3 Å². The molecule has 1 aliphatic carbocycles. The normalized spacial score (nSPS) is 16.8. The van der Waals surface area contributed by atoms with E-state index in [0.717, 1.165) is 32.0 Å². The molecule has 0 bridgehead atoms. The van der Waals surface area contributed by atoms with E-state index in [-0.39, 0.29) is 29.4 Å². The lowest BCUT2D eigenvalue weighted by Crippen LogP contribution is -2.45. The Labute approximate surface area is 164 Å². The van der Waals surface area contributed by atoms with Gasteiger partial charge in [-0.1, -0.05) is 43.2 Å². The lowest BCUT2D eigenvalue weighted by molar-refractivity contribution is 0.398. The molecule has 1 saturated carbocycles. The van der Waals surface area contributed by atoms with Crippen LogP contribution < -0.4 is 10.6 Å². The Morgan fingerprint density at radius 3 is 2.38 bits per heavy atom. The summed E-state index contributed by atoms with van der Waals surface area (Å²) in [5, 5.41) is 6.99. The first-order valence-electron chi connectivity index (χ1n) is 8.81. The van der Waals surface area contributed by atoms with Crippen molar-refractivity contribution >= 4 is 29.9 Å². The molecule has 0 radical (unpaired) electrons. The van der Waals surface area contributed by atoms with Crippen molar-refractivity contribution in [2.75, 3.05) is 40.8 Å². The summed E-state index contributed by atoms with van der Waals surface area (Å²) in [6.07, 6.45) is 6.30. The zero-order valence-corrected chi connectivity index (χ0v) is 17.7. The Morgan fingerprint density at radius 2 is 1.79 bits per heavy atom. The fourth-order valence-corrected chi connectivity index (χ4v) is 3.49. The van der Waals surface area contributed by atoms with Crippen molar-refractivity contribution in [1.82, 2.24) is 15.5 Å². The first kappa shape index (κ1) is 21.2. The minimum absolute atomic E-state index is 0. The minimum atomic E-state index is 0. The third kappa shape index (κ3) is 6.24. The van der Waals surface area contributed by atoms with Gasteiger partial charge in [0.05, 0.1) is 0 Å². The molecular weight excluding hydrogens is 411 g/mol. The van der Waals surface area contributed by atoms with Gasteiger partial charge in [-0.05, 0) is 45.5 Å². The number of benzene rings is 1. The highest BCUT2D eigenvalue weighted by Crippen LogP contribution is 2.40. The van der Waals surface area contributed by atoms with E-state index in [1.165, 1.54) is 31.2 Å². The molecule has 0 aliphatic heterocycles. The zero-order chi connectivity index (χ0) is 16.5. The topological polar surface area (TPSA) is 39.7 Å². The highest BCUT2D eigenvalue weighted by Gasteiger charge is 2.35.